The Hall–Kier alpha value is -0.570. The Labute approximate surface area is 92.4 Å². The molecule has 3 nitrogen and oxygen atoms in total. The molecule has 88 valence electrons. The van der Waals surface area contributed by atoms with Gasteiger partial charge in [0.15, 0.2) is 0 Å². The van der Waals surface area contributed by atoms with E-state index < -0.39 is 0 Å². The maximum absolute atomic E-state index is 11.6. The van der Waals surface area contributed by atoms with E-state index in [0.29, 0.717) is 12.3 Å². The van der Waals surface area contributed by atoms with E-state index in [4.69, 9.17) is 10.5 Å². The second-order valence-corrected chi connectivity index (χ2v) is 5.19. The second-order valence-electron chi connectivity index (χ2n) is 5.19. The van der Waals surface area contributed by atoms with Gasteiger partial charge in [0, 0.05) is 5.54 Å². The van der Waals surface area contributed by atoms with Gasteiger partial charge in [-0.3, -0.25) is 4.79 Å². The van der Waals surface area contributed by atoms with Gasteiger partial charge in [-0.2, -0.15) is 0 Å². The minimum Gasteiger partial charge on any atom is -0.462 e. The van der Waals surface area contributed by atoms with Crippen LogP contribution in [0.2, 0.25) is 0 Å². The van der Waals surface area contributed by atoms with E-state index in [9.17, 15) is 4.79 Å². The summed E-state index contributed by atoms with van der Waals surface area (Å²) in [6.07, 6.45) is 4.57. The maximum Gasteiger partial charge on any atom is 0.307 e. The third-order valence-corrected chi connectivity index (χ3v) is 3.35. The van der Waals surface area contributed by atoms with Crippen LogP contribution in [0.5, 0.6) is 0 Å². The first-order chi connectivity index (χ1) is 6.93. The lowest BCUT2D eigenvalue weighted by atomic mass is 9.95. The average molecular weight is 213 g/mol. The number of rotatable bonds is 4. The van der Waals surface area contributed by atoms with Crippen molar-refractivity contribution in [1.29, 1.82) is 0 Å². The Balaban J connectivity index is 2.35. The highest BCUT2D eigenvalue weighted by Gasteiger charge is 2.32. The molecule has 0 saturated heterocycles. The summed E-state index contributed by atoms with van der Waals surface area (Å²) in [5.74, 6) is 0.229. The van der Waals surface area contributed by atoms with Gasteiger partial charge in [0.05, 0.1) is 6.42 Å². The van der Waals surface area contributed by atoms with Gasteiger partial charge in [-0.05, 0) is 25.7 Å². The van der Waals surface area contributed by atoms with Crippen LogP contribution in [0.15, 0.2) is 0 Å². The first-order valence-corrected chi connectivity index (χ1v) is 5.91. The predicted octanol–water partition coefficient (Wildman–Crippen LogP) is 2.24. The molecule has 1 aliphatic rings. The topological polar surface area (TPSA) is 52.3 Å². The van der Waals surface area contributed by atoms with Crippen molar-refractivity contribution in [2.24, 2.45) is 11.7 Å². The highest BCUT2D eigenvalue weighted by atomic mass is 16.5. The Morgan fingerprint density at radius 3 is 2.33 bits per heavy atom. The zero-order chi connectivity index (χ0) is 11.5. The summed E-state index contributed by atoms with van der Waals surface area (Å²) in [5, 5.41) is 0. The van der Waals surface area contributed by atoms with Crippen LogP contribution >= 0.6 is 0 Å². The Bertz CT molecular complexity index is 220. The van der Waals surface area contributed by atoms with Crippen molar-refractivity contribution in [2.45, 2.75) is 64.5 Å². The van der Waals surface area contributed by atoms with Crippen LogP contribution in [0.4, 0.5) is 0 Å². The molecule has 1 atom stereocenters. The summed E-state index contributed by atoms with van der Waals surface area (Å²) in [7, 11) is 0. The van der Waals surface area contributed by atoms with Gasteiger partial charge < -0.3 is 10.5 Å². The molecule has 0 amide bonds. The summed E-state index contributed by atoms with van der Waals surface area (Å²) in [6.45, 7) is 6.03. The van der Waals surface area contributed by atoms with E-state index in [0.717, 1.165) is 25.7 Å². The molecule has 1 aliphatic carbocycles. The number of hydrogen-bond acceptors (Lipinski definition) is 3. The molecule has 1 fully saturated rings. The van der Waals surface area contributed by atoms with Crippen molar-refractivity contribution in [3.63, 3.8) is 0 Å². The molecular weight excluding hydrogens is 190 g/mol. The van der Waals surface area contributed by atoms with Crippen LogP contribution in [0.25, 0.3) is 0 Å². The molecule has 0 aromatic carbocycles. The molecule has 15 heavy (non-hydrogen) atoms. The predicted molar refractivity (Wildman–Crippen MR) is 60.4 cm³/mol. The largest absolute Gasteiger partial charge is 0.462 e. The van der Waals surface area contributed by atoms with Crippen molar-refractivity contribution >= 4 is 5.97 Å². The number of hydrogen-bond donors (Lipinski definition) is 1. The first kappa shape index (κ1) is 12.5. The van der Waals surface area contributed by atoms with E-state index in [1.165, 1.54) is 0 Å². The zero-order valence-electron chi connectivity index (χ0n) is 10.1. The van der Waals surface area contributed by atoms with Crippen LogP contribution in [0.1, 0.15) is 52.9 Å². The van der Waals surface area contributed by atoms with Crippen molar-refractivity contribution in [3.8, 4) is 0 Å². The van der Waals surface area contributed by atoms with Gasteiger partial charge in [0.25, 0.3) is 0 Å². The fraction of sp³-hybridized carbons (Fsp3) is 0.917. The molecule has 0 bridgehead atoms. The first-order valence-electron chi connectivity index (χ1n) is 5.91. The number of esters is 1. The fourth-order valence-electron chi connectivity index (χ4n) is 1.93. The Kier molecular flexibility index (Phi) is 4.14. The minimum absolute atomic E-state index is 0.0116. The summed E-state index contributed by atoms with van der Waals surface area (Å²) in [4.78, 5) is 11.6. The normalized spacial score (nSPS) is 21.7. The summed E-state index contributed by atoms with van der Waals surface area (Å²) >= 11 is 0. The second kappa shape index (κ2) is 4.97. The van der Waals surface area contributed by atoms with Gasteiger partial charge in [-0.25, -0.2) is 0 Å². The molecule has 2 N–H and O–H groups in total. The van der Waals surface area contributed by atoms with Crippen LogP contribution in [-0.4, -0.2) is 17.6 Å². The molecule has 0 aromatic rings. The SMILES string of the molecule is CC(C)C(C)OC(=O)CC1(N)CCCC1. The third-order valence-electron chi connectivity index (χ3n) is 3.35. The lowest BCUT2D eigenvalue weighted by molar-refractivity contribution is -0.151. The van der Waals surface area contributed by atoms with Crippen LogP contribution in [-0.2, 0) is 9.53 Å². The molecule has 0 heterocycles. The molecule has 0 aromatic heterocycles. The van der Waals surface area contributed by atoms with E-state index in [-0.39, 0.29) is 17.6 Å². The molecule has 1 unspecified atom stereocenters. The number of carbonyl (C=O) groups is 1. The van der Waals surface area contributed by atoms with Gasteiger partial charge >= 0.3 is 5.97 Å². The van der Waals surface area contributed by atoms with E-state index in [2.05, 4.69) is 0 Å². The van der Waals surface area contributed by atoms with E-state index in [1.54, 1.807) is 0 Å². The lowest BCUT2D eigenvalue weighted by Crippen LogP contribution is -2.40. The summed E-state index contributed by atoms with van der Waals surface area (Å²) < 4.78 is 5.32. The maximum atomic E-state index is 11.6. The molecule has 1 rings (SSSR count). The molecule has 0 radical (unpaired) electrons. The number of ether oxygens (including phenoxy) is 1. The Morgan fingerprint density at radius 2 is 1.87 bits per heavy atom. The quantitative estimate of drug-likeness (QED) is 0.729. The van der Waals surface area contributed by atoms with Crippen molar-refractivity contribution < 1.29 is 9.53 Å². The van der Waals surface area contributed by atoms with Gasteiger partial charge in [-0.1, -0.05) is 26.7 Å². The molecule has 1 saturated carbocycles. The summed E-state index contributed by atoms with van der Waals surface area (Å²) in [6, 6.07) is 0. The van der Waals surface area contributed by atoms with Gasteiger partial charge in [0.2, 0.25) is 0 Å². The summed E-state index contributed by atoms with van der Waals surface area (Å²) in [5.41, 5.74) is 5.83. The third kappa shape index (κ3) is 3.82. The minimum atomic E-state index is -0.284. The van der Waals surface area contributed by atoms with Crippen molar-refractivity contribution in [1.82, 2.24) is 0 Å². The van der Waals surface area contributed by atoms with E-state index in [1.807, 2.05) is 20.8 Å². The van der Waals surface area contributed by atoms with Gasteiger partial charge in [0.1, 0.15) is 6.10 Å². The number of nitrogens with two attached hydrogens (primary N) is 1. The van der Waals surface area contributed by atoms with Crippen LogP contribution < -0.4 is 5.73 Å². The van der Waals surface area contributed by atoms with Crippen molar-refractivity contribution in [3.05, 3.63) is 0 Å². The lowest BCUT2D eigenvalue weighted by Gasteiger charge is -2.24. The van der Waals surface area contributed by atoms with Gasteiger partial charge in [-0.15, -0.1) is 0 Å². The molecule has 3 heteroatoms. The molecular formula is C12H23NO2. The number of carbonyl (C=O) groups excluding carboxylic acids is 1. The molecule has 0 spiro atoms. The van der Waals surface area contributed by atoms with Crippen LogP contribution in [0, 0.1) is 5.92 Å². The van der Waals surface area contributed by atoms with E-state index >= 15 is 0 Å². The van der Waals surface area contributed by atoms with Crippen molar-refractivity contribution in [2.75, 3.05) is 0 Å². The Morgan fingerprint density at radius 1 is 1.33 bits per heavy atom. The molecule has 0 aliphatic heterocycles. The van der Waals surface area contributed by atoms with Crippen LogP contribution in [0.3, 0.4) is 0 Å². The smallest absolute Gasteiger partial charge is 0.307 e. The highest BCUT2D eigenvalue weighted by Crippen LogP contribution is 2.30. The fourth-order valence-corrected chi connectivity index (χ4v) is 1.93. The highest BCUT2D eigenvalue weighted by molar-refractivity contribution is 5.71. The standard InChI is InChI=1S/C12H23NO2/c1-9(2)10(3)15-11(14)8-12(13)6-4-5-7-12/h9-10H,4-8,13H2,1-3H3. The average Bonchev–Trinajstić information content (AvgIpc) is 2.50. The zero-order valence-corrected chi connectivity index (χ0v) is 10.1. The monoisotopic (exact) mass is 213 g/mol.